The summed E-state index contributed by atoms with van der Waals surface area (Å²) in [5, 5.41) is 16.0. The Hall–Kier alpha value is -3.04. The molecular formula is C19H16N4OS. The van der Waals surface area contributed by atoms with Crippen molar-refractivity contribution in [2.45, 2.75) is 12.8 Å². The van der Waals surface area contributed by atoms with Gasteiger partial charge in [-0.05, 0) is 36.8 Å². The summed E-state index contributed by atoms with van der Waals surface area (Å²) in [5.74, 6) is -0.753. The number of amides is 1. The predicted octanol–water partition coefficient (Wildman–Crippen LogP) is 3.35. The Morgan fingerprint density at radius 2 is 1.92 bits per heavy atom. The minimum atomic E-state index is -0.495. The molecule has 1 aromatic carbocycles. The molecule has 1 aromatic heterocycles. The maximum Gasteiger partial charge on any atom is 0.254 e. The van der Waals surface area contributed by atoms with Gasteiger partial charge in [-0.3, -0.25) is 9.78 Å². The highest BCUT2D eigenvalue weighted by molar-refractivity contribution is 7.84. The van der Waals surface area contributed by atoms with Crippen LogP contribution in [0.2, 0.25) is 0 Å². The molecule has 6 heteroatoms. The number of anilines is 1. The van der Waals surface area contributed by atoms with E-state index < -0.39 is 5.92 Å². The normalized spacial score (nSPS) is 16.9. The molecular weight excluding hydrogens is 332 g/mol. The number of nitrogens with zero attached hydrogens (tertiary/aromatic N) is 2. The molecule has 25 heavy (non-hydrogen) atoms. The van der Waals surface area contributed by atoms with E-state index in [4.69, 9.17) is 0 Å². The van der Waals surface area contributed by atoms with E-state index >= 15 is 0 Å². The Morgan fingerprint density at radius 1 is 1.24 bits per heavy atom. The van der Waals surface area contributed by atoms with Gasteiger partial charge >= 0.3 is 0 Å². The van der Waals surface area contributed by atoms with Crippen molar-refractivity contribution < 1.29 is 4.79 Å². The number of para-hydroxylation sites is 1. The minimum absolute atomic E-state index is 0.258. The number of rotatable bonds is 3. The van der Waals surface area contributed by atoms with E-state index in [0.29, 0.717) is 27.6 Å². The average molecular weight is 348 g/mol. The van der Waals surface area contributed by atoms with Crippen LogP contribution in [0.4, 0.5) is 5.69 Å². The molecule has 2 aromatic rings. The maximum absolute atomic E-state index is 12.9. The number of nitrogens with one attached hydrogen (secondary N) is 2. The highest BCUT2D eigenvalue weighted by Crippen LogP contribution is 2.38. The van der Waals surface area contributed by atoms with Crippen LogP contribution in [-0.4, -0.2) is 10.9 Å². The third kappa shape index (κ3) is 3.42. The van der Waals surface area contributed by atoms with Gasteiger partial charge in [-0.15, -0.1) is 12.6 Å². The zero-order valence-electron chi connectivity index (χ0n) is 13.5. The van der Waals surface area contributed by atoms with E-state index in [-0.39, 0.29) is 5.91 Å². The first-order chi connectivity index (χ1) is 12.1. The Bertz CT molecular complexity index is 898. The summed E-state index contributed by atoms with van der Waals surface area (Å²) in [4.78, 5) is 17.0. The van der Waals surface area contributed by atoms with E-state index in [2.05, 4.69) is 34.3 Å². The fraction of sp³-hybridized carbons (Fsp3) is 0.105. The average Bonchev–Trinajstić information content (AvgIpc) is 2.62. The molecule has 0 saturated carbocycles. The van der Waals surface area contributed by atoms with Crippen LogP contribution in [0, 0.1) is 11.3 Å². The van der Waals surface area contributed by atoms with Crippen molar-refractivity contribution >= 4 is 24.2 Å². The van der Waals surface area contributed by atoms with E-state index in [1.165, 1.54) is 0 Å². The molecule has 0 unspecified atom stereocenters. The smallest absolute Gasteiger partial charge is 0.254 e. The molecule has 3 rings (SSSR count). The summed E-state index contributed by atoms with van der Waals surface area (Å²) in [7, 11) is 0. The van der Waals surface area contributed by atoms with Crippen molar-refractivity contribution in [3.05, 3.63) is 82.3 Å². The lowest BCUT2D eigenvalue weighted by atomic mass is 9.82. The lowest BCUT2D eigenvalue weighted by Crippen LogP contribution is -2.30. The first-order valence-corrected chi connectivity index (χ1v) is 8.14. The van der Waals surface area contributed by atoms with Crippen LogP contribution in [0.1, 0.15) is 18.4 Å². The summed E-state index contributed by atoms with van der Waals surface area (Å²) in [6.07, 6.45) is 3.29. The van der Waals surface area contributed by atoms with Gasteiger partial charge in [-0.2, -0.15) is 5.26 Å². The minimum Gasteiger partial charge on any atom is -0.353 e. The van der Waals surface area contributed by atoms with Gasteiger partial charge in [0.2, 0.25) is 0 Å². The number of carbonyl (C=O) groups is 1. The molecule has 0 spiro atoms. The fourth-order valence-electron chi connectivity index (χ4n) is 2.84. The van der Waals surface area contributed by atoms with Crippen LogP contribution in [0.25, 0.3) is 0 Å². The van der Waals surface area contributed by atoms with Gasteiger partial charge in [0.05, 0.1) is 22.6 Å². The SMILES string of the molecule is CC1=C(C(=O)Nc2ccccc2)[C@H](c2ccncc2)C(C#N)=C(S)N1. The first-order valence-electron chi connectivity index (χ1n) is 7.69. The lowest BCUT2D eigenvalue weighted by Gasteiger charge is -2.28. The number of pyridine rings is 1. The summed E-state index contributed by atoms with van der Waals surface area (Å²) in [6, 6.07) is 15.0. The molecule has 1 aliphatic rings. The lowest BCUT2D eigenvalue weighted by molar-refractivity contribution is -0.113. The molecule has 2 N–H and O–H groups in total. The summed E-state index contributed by atoms with van der Waals surface area (Å²) >= 11 is 4.38. The van der Waals surface area contributed by atoms with Crippen molar-refractivity contribution in [3.63, 3.8) is 0 Å². The van der Waals surface area contributed by atoms with Gasteiger partial charge in [0, 0.05) is 29.4 Å². The van der Waals surface area contributed by atoms with Crippen LogP contribution in [0.3, 0.4) is 0 Å². The van der Waals surface area contributed by atoms with Crippen molar-refractivity contribution in [3.8, 4) is 6.07 Å². The monoisotopic (exact) mass is 348 g/mol. The summed E-state index contributed by atoms with van der Waals surface area (Å²) in [6.45, 7) is 1.80. The Morgan fingerprint density at radius 3 is 2.56 bits per heavy atom. The van der Waals surface area contributed by atoms with E-state index in [1.54, 1.807) is 31.5 Å². The van der Waals surface area contributed by atoms with E-state index in [9.17, 15) is 10.1 Å². The van der Waals surface area contributed by atoms with Gasteiger partial charge in [0.1, 0.15) is 0 Å². The largest absolute Gasteiger partial charge is 0.353 e. The molecule has 0 aliphatic carbocycles. The van der Waals surface area contributed by atoms with E-state index in [0.717, 1.165) is 5.56 Å². The van der Waals surface area contributed by atoms with E-state index in [1.807, 2.05) is 30.3 Å². The molecule has 0 saturated heterocycles. The number of thiol groups is 1. The molecule has 0 radical (unpaired) electrons. The van der Waals surface area contributed by atoms with Gasteiger partial charge < -0.3 is 10.6 Å². The number of hydrogen-bond donors (Lipinski definition) is 3. The second-order valence-corrected chi connectivity index (χ2v) is 6.02. The molecule has 1 amide bonds. The standard InChI is InChI=1S/C19H16N4OS/c1-12-16(18(24)23-14-5-3-2-4-6-14)17(13-7-9-21-10-8-13)15(11-20)19(25)22-12/h2-10,17,22,25H,1H3,(H,23,24)/t17-/m1/s1. The second-order valence-electron chi connectivity index (χ2n) is 5.57. The highest BCUT2D eigenvalue weighted by Gasteiger charge is 2.33. The molecule has 1 atom stereocenters. The number of nitriles is 1. The highest BCUT2D eigenvalue weighted by atomic mass is 32.1. The topological polar surface area (TPSA) is 77.8 Å². The maximum atomic E-state index is 12.9. The number of carbonyl (C=O) groups excluding carboxylic acids is 1. The van der Waals surface area contributed by atoms with Crippen LogP contribution in [0.5, 0.6) is 0 Å². The molecule has 2 heterocycles. The molecule has 0 bridgehead atoms. The third-order valence-electron chi connectivity index (χ3n) is 3.98. The molecule has 124 valence electrons. The zero-order chi connectivity index (χ0) is 17.8. The quantitative estimate of drug-likeness (QED) is 0.744. The van der Waals surface area contributed by atoms with Crippen molar-refractivity contribution in [2.75, 3.05) is 5.32 Å². The zero-order valence-corrected chi connectivity index (χ0v) is 14.4. The van der Waals surface area contributed by atoms with Crippen molar-refractivity contribution in [1.29, 1.82) is 5.26 Å². The molecule has 1 aliphatic heterocycles. The van der Waals surface area contributed by atoms with Gasteiger partial charge in [0.15, 0.2) is 0 Å². The van der Waals surface area contributed by atoms with Gasteiger partial charge in [-0.1, -0.05) is 18.2 Å². The number of benzene rings is 1. The van der Waals surface area contributed by atoms with Gasteiger partial charge in [-0.25, -0.2) is 0 Å². The fourth-order valence-corrected chi connectivity index (χ4v) is 3.18. The number of dihydropyridines is 1. The van der Waals surface area contributed by atoms with Crippen LogP contribution >= 0.6 is 12.6 Å². The van der Waals surface area contributed by atoms with Crippen molar-refractivity contribution in [1.82, 2.24) is 10.3 Å². The second kappa shape index (κ2) is 7.24. The predicted molar refractivity (Wildman–Crippen MR) is 99.5 cm³/mol. The third-order valence-corrected chi connectivity index (χ3v) is 4.33. The number of aromatic nitrogens is 1. The molecule has 0 fully saturated rings. The number of hydrogen-bond acceptors (Lipinski definition) is 5. The number of allylic oxidation sites excluding steroid dienone is 2. The summed E-state index contributed by atoms with van der Waals surface area (Å²) in [5.41, 5.74) is 3.07. The van der Waals surface area contributed by atoms with Crippen molar-refractivity contribution in [2.24, 2.45) is 0 Å². The first kappa shape index (κ1) is 16.8. The summed E-state index contributed by atoms with van der Waals surface area (Å²) < 4.78 is 0. The Kier molecular flexibility index (Phi) is 4.87. The van der Waals surface area contributed by atoms with Crippen LogP contribution < -0.4 is 10.6 Å². The molecule has 5 nitrogen and oxygen atoms in total. The van der Waals surface area contributed by atoms with Crippen LogP contribution in [0.15, 0.2) is 76.7 Å². The Balaban J connectivity index is 2.04. The van der Waals surface area contributed by atoms with Gasteiger partial charge in [0.25, 0.3) is 5.91 Å². The Labute approximate surface area is 151 Å². The van der Waals surface area contributed by atoms with Crippen LogP contribution in [-0.2, 0) is 4.79 Å².